The lowest BCUT2D eigenvalue weighted by Gasteiger charge is -2.06. The summed E-state index contributed by atoms with van der Waals surface area (Å²) < 4.78 is 8.52. The van der Waals surface area contributed by atoms with Crippen molar-refractivity contribution in [3.05, 3.63) is 34.2 Å². The monoisotopic (exact) mass is 292 g/mol. The van der Waals surface area contributed by atoms with Crippen LogP contribution in [0, 0.1) is 6.92 Å². The van der Waals surface area contributed by atoms with E-state index in [1.807, 2.05) is 20.0 Å². The Hall–Kier alpha value is -1.29. The summed E-state index contributed by atoms with van der Waals surface area (Å²) in [5, 5.41) is 0. The first-order chi connectivity index (χ1) is 8.16. The highest BCUT2D eigenvalue weighted by molar-refractivity contribution is 9.10. The molecule has 0 fully saturated rings. The molecule has 0 saturated carbocycles. The van der Waals surface area contributed by atoms with Crippen LogP contribution in [0.2, 0.25) is 0 Å². The second-order valence-corrected chi connectivity index (χ2v) is 5.03. The van der Waals surface area contributed by atoms with E-state index in [1.165, 1.54) is 11.1 Å². The molecule has 0 spiro atoms. The zero-order chi connectivity index (χ0) is 12.0. The summed E-state index contributed by atoms with van der Waals surface area (Å²) in [7, 11) is 2.03. The van der Waals surface area contributed by atoms with Crippen molar-refractivity contribution in [3.63, 3.8) is 0 Å². The Morgan fingerprint density at radius 3 is 2.94 bits per heavy atom. The normalized spacial score (nSPS) is 13.6. The molecule has 1 aliphatic rings. The minimum atomic E-state index is 0.796. The Morgan fingerprint density at radius 2 is 2.24 bits per heavy atom. The number of hydrogen-bond donors (Lipinski definition) is 0. The summed E-state index contributed by atoms with van der Waals surface area (Å²) in [5.41, 5.74) is 3.59. The van der Waals surface area contributed by atoms with Crippen molar-refractivity contribution < 1.29 is 4.74 Å². The van der Waals surface area contributed by atoms with Gasteiger partial charge in [-0.15, -0.1) is 0 Å². The molecule has 0 unspecified atom stereocenters. The molecule has 17 heavy (non-hydrogen) atoms. The summed E-state index contributed by atoms with van der Waals surface area (Å²) in [4.78, 5) is 4.43. The van der Waals surface area contributed by atoms with Gasteiger partial charge in [-0.05, 0) is 46.6 Å². The molecular weight excluding hydrogens is 280 g/mol. The van der Waals surface area contributed by atoms with Crippen LogP contribution in [0.1, 0.15) is 11.4 Å². The van der Waals surface area contributed by atoms with Crippen LogP contribution in [0.25, 0.3) is 11.3 Å². The lowest BCUT2D eigenvalue weighted by atomic mass is 10.1. The number of aromatic nitrogens is 2. The Morgan fingerprint density at radius 1 is 1.41 bits per heavy atom. The average Bonchev–Trinajstić information content (AvgIpc) is 2.84. The highest BCUT2D eigenvalue weighted by Crippen LogP contribution is 2.33. The Kier molecular flexibility index (Phi) is 2.47. The van der Waals surface area contributed by atoms with E-state index >= 15 is 0 Å². The molecule has 0 aliphatic carbocycles. The van der Waals surface area contributed by atoms with Crippen molar-refractivity contribution in [2.45, 2.75) is 13.3 Å². The third kappa shape index (κ3) is 1.67. The number of fused-ring (bicyclic) bond motifs is 1. The molecule has 1 aromatic carbocycles. The van der Waals surface area contributed by atoms with Gasteiger partial charge in [0.15, 0.2) is 0 Å². The van der Waals surface area contributed by atoms with Gasteiger partial charge in [-0.1, -0.05) is 0 Å². The van der Waals surface area contributed by atoms with Crippen LogP contribution in [0.5, 0.6) is 5.75 Å². The number of aryl methyl sites for hydroxylation is 1. The molecule has 2 aromatic rings. The number of hydrogen-bond acceptors (Lipinski definition) is 2. The first-order valence-corrected chi connectivity index (χ1v) is 6.41. The van der Waals surface area contributed by atoms with Crippen LogP contribution in [-0.4, -0.2) is 16.2 Å². The van der Waals surface area contributed by atoms with E-state index in [9.17, 15) is 0 Å². The van der Waals surface area contributed by atoms with Crippen LogP contribution >= 0.6 is 15.9 Å². The second kappa shape index (κ2) is 3.88. The van der Waals surface area contributed by atoms with Gasteiger partial charge in [0.05, 0.1) is 12.3 Å². The molecule has 4 heteroatoms. The maximum absolute atomic E-state index is 5.52. The fourth-order valence-corrected chi connectivity index (χ4v) is 2.97. The molecule has 3 nitrogen and oxygen atoms in total. The molecule has 0 amide bonds. The molecule has 0 N–H and O–H groups in total. The second-order valence-electron chi connectivity index (χ2n) is 4.28. The largest absolute Gasteiger partial charge is 0.493 e. The lowest BCUT2D eigenvalue weighted by Crippen LogP contribution is -1.94. The molecule has 0 radical (unpaired) electrons. The number of imidazole rings is 1. The summed E-state index contributed by atoms with van der Waals surface area (Å²) in [6.07, 6.45) is 0.998. The first-order valence-electron chi connectivity index (χ1n) is 5.62. The van der Waals surface area contributed by atoms with Gasteiger partial charge in [0.25, 0.3) is 0 Å². The zero-order valence-corrected chi connectivity index (χ0v) is 11.4. The highest BCUT2D eigenvalue weighted by Gasteiger charge is 2.16. The lowest BCUT2D eigenvalue weighted by molar-refractivity contribution is 0.357. The van der Waals surface area contributed by atoms with Crippen LogP contribution in [0.4, 0.5) is 0 Å². The van der Waals surface area contributed by atoms with E-state index < -0.39 is 0 Å². The van der Waals surface area contributed by atoms with Crippen LogP contribution < -0.4 is 4.74 Å². The summed E-state index contributed by atoms with van der Waals surface area (Å²) in [5.74, 6) is 2.02. The van der Waals surface area contributed by atoms with E-state index in [0.29, 0.717) is 0 Å². The number of benzene rings is 1. The Balaban J connectivity index is 2.15. The van der Waals surface area contributed by atoms with Crippen molar-refractivity contribution in [1.82, 2.24) is 9.55 Å². The zero-order valence-electron chi connectivity index (χ0n) is 9.83. The summed E-state index contributed by atoms with van der Waals surface area (Å²) >= 11 is 3.52. The SMILES string of the molecule is Cc1nc(Br)c(-c2ccc3c(c2)CCO3)n1C. The fourth-order valence-electron chi connectivity index (χ4n) is 2.22. The Bertz CT molecular complexity index is 589. The summed E-state index contributed by atoms with van der Waals surface area (Å²) in [6, 6.07) is 6.33. The van der Waals surface area contributed by atoms with Crippen LogP contribution in [0.15, 0.2) is 22.8 Å². The molecular formula is C13H13BrN2O. The molecule has 88 valence electrons. The van der Waals surface area contributed by atoms with Crippen molar-refractivity contribution in [3.8, 4) is 17.0 Å². The van der Waals surface area contributed by atoms with Crippen molar-refractivity contribution >= 4 is 15.9 Å². The van der Waals surface area contributed by atoms with Crippen molar-refractivity contribution in [1.29, 1.82) is 0 Å². The van der Waals surface area contributed by atoms with E-state index in [-0.39, 0.29) is 0 Å². The van der Waals surface area contributed by atoms with Gasteiger partial charge >= 0.3 is 0 Å². The smallest absolute Gasteiger partial charge is 0.132 e. The van der Waals surface area contributed by atoms with Gasteiger partial charge in [0.2, 0.25) is 0 Å². The standard InChI is InChI=1S/C13H13BrN2O/c1-8-15-13(14)12(16(8)2)10-3-4-11-9(7-10)5-6-17-11/h3-4,7H,5-6H2,1-2H3. The predicted molar refractivity (Wildman–Crippen MR) is 70.3 cm³/mol. The van der Waals surface area contributed by atoms with E-state index in [2.05, 4.69) is 37.6 Å². The molecule has 1 aliphatic heterocycles. The molecule has 0 saturated heterocycles. The number of halogens is 1. The number of rotatable bonds is 1. The molecule has 0 bridgehead atoms. The highest BCUT2D eigenvalue weighted by atomic mass is 79.9. The molecule has 3 rings (SSSR count). The summed E-state index contributed by atoms with van der Waals surface area (Å²) in [6.45, 7) is 2.80. The predicted octanol–water partition coefficient (Wildman–Crippen LogP) is 3.09. The maximum Gasteiger partial charge on any atom is 0.132 e. The number of nitrogens with zero attached hydrogens (tertiary/aromatic N) is 2. The van der Waals surface area contributed by atoms with E-state index in [0.717, 1.165) is 34.9 Å². The number of ether oxygens (including phenoxy) is 1. The molecule has 0 atom stereocenters. The Labute approximate surface area is 109 Å². The minimum Gasteiger partial charge on any atom is -0.493 e. The quantitative estimate of drug-likeness (QED) is 0.808. The molecule has 1 aromatic heterocycles. The average molecular weight is 293 g/mol. The molecule has 2 heterocycles. The van der Waals surface area contributed by atoms with Gasteiger partial charge in [-0.2, -0.15) is 0 Å². The third-order valence-electron chi connectivity index (χ3n) is 3.24. The van der Waals surface area contributed by atoms with Crippen LogP contribution in [-0.2, 0) is 13.5 Å². The van der Waals surface area contributed by atoms with E-state index in [4.69, 9.17) is 4.74 Å². The van der Waals surface area contributed by atoms with Crippen molar-refractivity contribution in [2.75, 3.05) is 6.61 Å². The van der Waals surface area contributed by atoms with Gasteiger partial charge in [-0.25, -0.2) is 4.98 Å². The minimum absolute atomic E-state index is 0.796. The van der Waals surface area contributed by atoms with Gasteiger partial charge in [-0.3, -0.25) is 0 Å². The van der Waals surface area contributed by atoms with E-state index in [1.54, 1.807) is 0 Å². The van der Waals surface area contributed by atoms with Gasteiger partial charge in [0, 0.05) is 19.0 Å². The first kappa shape index (κ1) is 10.8. The van der Waals surface area contributed by atoms with Gasteiger partial charge < -0.3 is 9.30 Å². The third-order valence-corrected chi connectivity index (χ3v) is 3.79. The maximum atomic E-state index is 5.52. The fraction of sp³-hybridized carbons (Fsp3) is 0.308. The van der Waals surface area contributed by atoms with Crippen LogP contribution in [0.3, 0.4) is 0 Å². The topological polar surface area (TPSA) is 27.1 Å². The van der Waals surface area contributed by atoms with Gasteiger partial charge in [0.1, 0.15) is 16.2 Å². The van der Waals surface area contributed by atoms with Crippen molar-refractivity contribution in [2.24, 2.45) is 7.05 Å².